The van der Waals surface area contributed by atoms with E-state index in [1.165, 1.54) is 0 Å². The summed E-state index contributed by atoms with van der Waals surface area (Å²) < 4.78 is 5.81. The number of carbonyl (C=O) groups excluding carboxylic acids is 2. The van der Waals surface area contributed by atoms with E-state index in [4.69, 9.17) is 4.74 Å². The maximum absolute atomic E-state index is 13.0. The van der Waals surface area contributed by atoms with Crippen molar-refractivity contribution in [3.8, 4) is 0 Å². The first-order chi connectivity index (χ1) is 13.4. The van der Waals surface area contributed by atoms with Crippen molar-refractivity contribution in [1.82, 2.24) is 10.2 Å². The maximum Gasteiger partial charge on any atom is 0.254 e. The van der Waals surface area contributed by atoms with Crippen LogP contribution in [0.25, 0.3) is 0 Å². The molecule has 1 saturated heterocycles. The van der Waals surface area contributed by atoms with Gasteiger partial charge in [0, 0.05) is 31.3 Å². The molecule has 1 aliphatic carbocycles. The van der Waals surface area contributed by atoms with E-state index in [2.05, 4.69) is 11.4 Å². The molecule has 1 heterocycles. The fourth-order valence-electron chi connectivity index (χ4n) is 4.38. The number of hydrogen-bond acceptors (Lipinski definition) is 3. The Bertz CT molecular complexity index is 892. The van der Waals surface area contributed by atoms with Gasteiger partial charge in [0.2, 0.25) is 0 Å². The lowest BCUT2D eigenvalue weighted by Gasteiger charge is -2.54. The summed E-state index contributed by atoms with van der Waals surface area (Å²) in [6.45, 7) is 4.92. The third-order valence-corrected chi connectivity index (χ3v) is 6.03. The van der Waals surface area contributed by atoms with Crippen molar-refractivity contribution in [1.29, 1.82) is 0 Å². The van der Waals surface area contributed by atoms with Crippen molar-refractivity contribution in [3.63, 3.8) is 0 Å². The lowest BCUT2D eigenvalue weighted by molar-refractivity contribution is -0.0709. The van der Waals surface area contributed by atoms with Crippen molar-refractivity contribution in [2.24, 2.45) is 0 Å². The smallest absolute Gasteiger partial charge is 0.254 e. The highest BCUT2D eigenvalue weighted by Gasteiger charge is 2.66. The first-order valence-corrected chi connectivity index (χ1v) is 9.68. The quantitative estimate of drug-likeness (QED) is 0.870. The van der Waals surface area contributed by atoms with Gasteiger partial charge in [0.05, 0.1) is 5.60 Å². The van der Waals surface area contributed by atoms with Gasteiger partial charge in [-0.1, -0.05) is 35.4 Å². The third-order valence-electron chi connectivity index (χ3n) is 6.03. The van der Waals surface area contributed by atoms with Crippen LogP contribution in [0.4, 0.5) is 0 Å². The third kappa shape index (κ3) is 3.10. The largest absolute Gasteiger partial charge is 0.376 e. The van der Waals surface area contributed by atoms with E-state index in [0.717, 1.165) is 24.0 Å². The first-order valence-electron chi connectivity index (χ1n) is 9.68. The standard InChI is InChI=1S/C23H26N2O3/c1-16-11-17(2)13-19(12-16)21(27)25-14-22(15-25,23(28-3)9-10-23)24-20(26)18-7-5-4-6-8-18/h4-8,11-13H,9-10,14-15H2,1-3H3,(H,24,26). The Morgan fingerprint density at radius 1 is 0.964 bits per heavy atom. The van der Waals surface area contributed by atoms with Crippen LogP contribution in [0.3, 0.4) is 0 Å². The maximum atomic E-state index is 13.0. The summed E-state index contributed by atoms with van der Waals surface area (Å²) in [5.74, 6) is -0.120. The summed E-state index contributed by atoms with van der Waals surface area (Å²) in [5.41, 5.74) is 2.54. The second-order valence-electron chi connectivity index (χ2n) is 8.14. The average Bonchev–Trinajstić information content (AvgIpc) is 3.45. The number of benzene rings is 2. The molecule has 0 aromatic heterocycles. The molecule has 0 radical (unpaired) electrons. The van der Waals surface area contributed by atoms with Crippen molar-refractivity contribution >= 4 is 11.8 Å². The van der Waals surface area contributed by atoms with Gasteiger partial charge in [-0.05, 0) is 51.0 Å². The van der Waals surface area contributed by atoms with Gasteiger partial charge in [0.1, 0.15) is 5.54 Å². The highest BCUT2D eigenvalue weighted by molar-refractivity contribution is 5.97. The Morgan fingerprint density at radius 3 is 2.11 bits per heavy atom. The number of nitrogens with zero attached hydrogens (tertiary/aromatic N) is 1. The second-order valence-corrected chi connectivity index (χ2v) is 8.14. The van der Waals surface area contributed by atoms with Crippen molar-refractivity contribution in [2.75, 3.05) is 20.2 Å². The number of amides is 2. The fourth-order valence-corrected chi connectivity index (χ4v) is 4.38. The summed E-state index contributed by atoms with van der Waals surface area (Å²) in [7, 11) is 1.69. The van der Waals surface area contributed by atoms with Gasteiger partial charge in [-0.3, -0.25) is 9.59 Å². The van der Waals surface area contributed by atoms with Crippen molar-refractivity contribution < 1.29 is 14.3 Å². The van der Waals surface area contributed by atoms with E-state index >= 15 is 0 Å². The molecule has 1 aliphatic heterocycles. The minimum absolute atomic E-state index is 0.00304. The minimum atomic E-state index is -0.538. The van der Waals surface area contributed by atoms with Crippen LogP contribution < -0.4 is 5.32 Å². The first kappa shape index (κ1) is 18.7. The Labute approximate surface area is 165 Å². The lowest BCUT2D eigenvalue weighted by atomic mass is 9.80. The molecule has 5 nitrogen and oxygen atoms in total. The number of carbonyl (C=O) groups is 2. The lowest BCUT2D eigenvalue weighted by Crippen LogP contribution is -2.77. The molecule has 1 saturated carbocycles. The molecule has 4 rings (SSSR count). The predicted molar refractivity (Wildman–Crippen MR) is 107 cm³/mol. The predicted octanol–water partition coefficient (Wildman–Crippen LogP) is 3.11. The molecule has 2 aromatic rings. The van der Waals surface area contributed by atoms with Crippen LogP contribution in [0.2, 0.25) is 0 Å². The monoisotopic (exact) mass is 378 g/mol. The molecule has 28 heavy (non-hydrogen) atoms. The highest BCUT2D eigenvalue weighted by Crippen LogP contribution is 2.52. The van der Waals surface area contributed by atoms with E-state index in [9.17, 15) is 9.59 Å². The molecular formula is C23H26N2O3. The summed E-state index contributed by atoms with van der Waals surface area (Å²) in [5, 5.41) is 3.20. The van der Waals surface area contributed by atoms with E-state index < -0.39 is 5.54 Å². The summed E-state index contributed by atoms with van der Waals surface area (Å²) in [6, 6.07) is 15.1. The molecule has 2 fully saturated rings. The second kappa shape index (κ2) is 6.74. The van der Waals surface area contributed by atoms with Crippen molar-refractivity contribution in [3.05, 3.63) is 70.8 Å². The number of nitrogens with one attached hydrogen (secondary N) is 1. The number of ether oxygens (including phenoxy) is 1. The minimum Gasteiger partial charge on any atom is -0.376 e. The molecule has 2 aliphatic rings. The number of aryl methyl sites for hydroxylation is 2. The summed E-state index contributed by atoms with van der Waals surface area (Å²) >= 11 is 0. The fraction of sp³-hybridized carbons (Fsp3) is 0.391. The van der Waals surface area contributed by atoms with Gasteiger partial charge in [-0.25, -0.2) is 0 Å². The van der Waals surface area contributed by atoms with E-state index in [0.29, 0.717) is 24.2 Å². The topological polar surface area (TPSA) is 58.6 Å². The zero-order valence-electron chi connectivity index (χ0n) is 16.6. The SMILES string of the molecule is COC1(C2(NC(=O)c3ccccc3)CN(C(=O)c3cc(C)cc(C)c3)C2)CC1. The average molecular weight is 378 g/mol. The number of likely N-dealkylation sites (tertiary alicyclic amines) is 1. The van der Waals surface area contributed by atoms with Gasteiger partial charge in [0.15, 0.2) is 0 Å². The Kier molecular flexibility index (Phi) is 4.50. The number of rotatable bonds is 5. The molecule has 0 spiro atoms. The molecule has 146 valence electrons. The summed E-state index contributed by atoms with van der Waals surface area (Å²) in [6.07, 6.45) is 1.79. The van der Waals surface area contributed by atoms with Crippen LogP contribution in [0.5, 0.6) is 0 Å². The van der Waals surface area contributed by atoms with Crippen LogP contribution >= 0.6 is 0 Å². The Balaban J connectivity index is 1.54. The van der Waals surface area contributed by atoms with Gasteiger partial charge in [-0.2, -0.15) is 0 Å². The summed E-state index contributed by atoms with van der Waals surface area (Å²) in [4.78, 5) is 27.6. The van der Waals surface area contributed by atoms with Gasteiger partial charge in [0.25, 0.3) is 11.8 Å². The molecule has 2 amide bonds. The van der Waals surface area contributed by atoms with Crippen LogP contribution in [-0.4, -0.2) is 48.1 Å². The van der Waals surface area contributed by atoms with Crippen molar-refractivity contribution in [2.45, 2.75) is 37.8 Å². The van der Waals surface area contributed by atoms with E-state index in [-0.39, 0.29) is 17.4 Å². The zero-order valence-corrected chi connectivity index (χ0v) is 16.6. The van der Waals surface area contributed by atoms with Gasteiger partial charge < -0.3 is 15.0 Å². The van der Waals surface area contributed by atoms with Crippen LogP contribution in [0.15, 0.2) is 48.5 Å². The molecule has 0 unspecified atom stereocenters. The number of methoxy groups -OCH3 is 1. The van der Waals surface area contributed by atoms with Crippen LogP contribution in [-0.2, 0) is 4.74 Å². The normalized spacial score (nSPS) is 18.9. The highest BCUT2D eigenvalue weighted by atomic mass is 16.5. The molecule has 0 bridgehead atoms. The molecule has 1 N–H and O–H groups in total. The van der Waals surface area contributed by atoms with E-state index in [1.54, 1.807) is 24.1 Å². The molecule has 5 heteroatoms. The Morgan fingerprint density at radius 2 is 1.57 bits per heavy atom. The number of hydrogen-bond donors (Lipinski definition) is 1. The van der Waals surface area contributed by atoms with Crippen LogP contribution in [0.1, 0.15) is 44.7 Å². The van der Waals surface area contributed by atoms with Gasteiger partial charge in [-0.15, -0.1) is 0 Å². The molecule has 2 aromatic carbocycles. The molecular weight excluding hydrogens is 352 g/mol. The zero-order chi connectivity index (χ0) is 19.9. The van der Waals surface area contributed by atoms with E-state index in [1.807, 2.05) is 44.2 Å². The van der Waals surface area contributed by atoms with Gasteiger partial charge >= 0.3 is 0 Å². The molecule has 0 atom stereocenters. The Hall–Kier alpha value is -2.66. The van der Waals surface area contributed by atoms with Crippen LogP contribution in [0, 0.1) is 13.8 Å².